The first-order valence-corrected chi connectivity index (χ1v) is 9.35. The summed E-state index contributed by atoms with van der Waals surface area (Å²) in [5, 5.41) is -1.01. The highest BCUT2D eigenvalue weighted by atomic mass is 32.2. The molecule has 1 N–H and O–H groups in total. The van der Waals surface area contributed by atoms with Gasteiger partial charge in [-0.3, -0.25) is 4.79 Å². The van der Waals surface area contributed by atoms with Crippen molar-refractivity contribution in [1.82, 2.24) is 4.72 Å². The molecule has 0 radical (unpaired) electrons. The number of sulfonamides is 1. The Hall–Kier alpha value is -1.21. The molecule has 0 aromatic carbocycles. The Morgan fingerprint density at radius 1 is 1.39 bits per heavy atom. The molecule has 3 unspecified atom stereocenters. The number of fused-ring (bicyclic) bond motifs is 2. The van der Waals surface area contributed by atoms with Crippen molar-refractivity contribution in [2.24, 2.45) is 16.7 Å². The lowest BCUT2D eigenvalue weighted by molar-refractivity contribution is -0.138. The van der Waals surface area contributed by atoms with Crippen LogP contribution in [-0.2, 0) is 24.3 Å². The molecule has 0 amide bonds. The van der Waals surface area contributed by atoms with Gasteiger partial charge >= 0.3 is 5.97 Å². The Morgan fingerprint density at radius 3 is 2.48 bits per heavy atom. The molecule has 0 heterocycles. The maximum atomic E-state index is 12.7. The van der Waals surface area contributed by atoms with Gasteiger partial charge in [-0.05, 0) is 31.1 Å². The van der Waals surface area contributed by atoms with Crippen LogP contribution in [0.25, 0.3) is 0 Å². The standard InChI is InChI=1S/C16H25NO5S/c1-10(2)14(19)22-9-8-17-23(20,21)12-11-6-7-16(5,13(12)18)15(11,3)4/h11-12,17H,1,6-9H2,2-5H3. The Morgan fingerprint density at radius 2 is 2.00 bits per heavy atom. The molecule has 2 aliphatic rings. The zero-order valence-electron chi connectivity index (χ0n) is 14.1. The first kappa shape index (κ1) is 18.1. The molecule has 2 rings (SSSR count). The van der Waals surface area contributed by atoms with Crippen LogP contribution in [0.5, 0.6) is 0 Å². The fraction of sp³-hybridized carbons (Fsp3) is 0.750. The van der Waals surface area contributed by atoms with E-state index in [1.54, 1.807) is 0 Å². The van der Waals surface area contributed by atoms with E-state index in [1.165, 1.54) is 6.92 Å². The largest absolute Gasteiger partial charge is 0.461 e. The Kier molecular flexibility index (Phi) is 4.50. The van der Waals surface area contributed by atoms with Crippen LogP contribution < -0.4 is 4.72 Å². The smallest absolute Gasteiger partial charge is 0.333 e. The van der Waals surface area contributed by atoms with E-state index in [-0.39, 0.29) is 35.8 Å². The van der Waals surface area contributed by atoms with Crippen LogP contribution in [0.2, 0.25) is 0 Å². The van der Waals surface area contributed by atoms with Crippen LogP contribution >= 0.6 is 0 Å². The van der Waals surface area contributed by atoms with Gasteiger partial charge in [-0.15, -0.1) is 0 Å². The third-order valence-electron chi connectivity index (χ3n) is 5.79. The quantitative estimate of drug-likeness (QED) is 0.447. The van der Waals surface area contributed by atoms with Crippen LogP contribution in [0.3, 0.4) is 0 Å². The van der Waals surface area contributed by atoms with E-state index in [4.69, 9.17) is 4.74 Å². The minimum absolute atomic E-state index is 0.0466. The van der Waals surface area contributed by atoms with E-state index in [2.05, 4.69) is 11.3 Å². The number of Topliss-reactive ketones (excluding diaryl/α,β-unsaturated/α-hetero) is 1. The van der Waals surface area contributed by atoms with Gasteiger partial charge in [0.25, 0.3) is 0 Å². The van der Waals surface area contributed by atoms with E-state index in [9.17, 15) is 18.0 Å². The summed E-state index contributed by atoms with van der Waals surface area (Å²) in [7, 11) is -3.78. The molecular weight excluding hydrogens is 318 g/mol. The molecule has 0 aliphatic heterocycles. The number of rotatable bonds is 6. The number of ketones is 1. The Labute approximate surface area is 137 Å². The van der Waals surface area contributed by atoms with Crippen molar-refractivity contribution in [2.75, 3.05) is 13.2 Å². The van der Waals surface area contributed by atoms with Gasteiger partial charge in [0.15, 0.2) is 5.78 Å². The summed E-state index contributed by atoms with van der Waals surface area (Å²) >= 11 is 0. The fourth-order valence-corrected chi connectivity index (χ4v) is 5.90. The topological polar surface area (TPSA) is 89.5 Å². The van der Waals surface area contributed by atoms with Crippen molar-refractivity contribution in [3.8, 4) is 0 Å². The van der Waals surface area contributed by atoms with Crippen molar-refractivity contribution in [1.29, 1.82) is 0 Å². The van der Waals surface area contributed by atoms with E-state index in [0.717, 1.165) is 12.8 Å². The van der Waals surface area contributed by atoms with E-state index >= 15 is 0 Å². The van der Waals surface area contributed by atoms with Crippen molar-refractivity contribution >= 4 is 21.8 Å². The Bertz CT molecular complexity index is 651. The molecular formula is C16H25NO5S. The number of carbonyl (C=O) groups is 2. The predicted octanol–water partition coefficient (Wildman–Crippen LogP) is 1.42. The number of carbonyl (C=O) groups excluding carboxylic acids is 2. The van der Waals surface area contributed by atoms with Crippen molar-refractivity contribution in [3.63, 3.8) is 0 Å². The first-order chi connectivity index (χ1) is 10.4. The van der Waals surface area contributed by atoms with Crippen LogP contribution in [-0.4, -0.2) is 38.6 Å². The van der Waals surface area contributed by atoms with Crippen molar-refractivity contribution in [3.05, 3.63) is 12.2 Å². The summed E-state index contributed by atoms with van der Waals surface area (Å²) in [6.07, 6.45) is 1.48. The monoisotopic (exact) mass is 343 g/mol. The SMILES string of the molecule is C=C(C)C(=O)OCCNS(=O)(=O)C1C(=O)C2(C)CCC1C2(C)C. The molecule has 0 spiro atoms. The van der Waals surface area contributed by atoms with Gasteiger partial charge in [-0.2, -0.15) is 0 Å². The van der Waals surface area contributed by atoms with Gasteiger partial charge in [-0.25, -0.2) is 17.9 Å². The molecule has 0 aromatic rings. The summed E-state index contributed by atoms with van der Waals surface area (Å²) in [4.78, 5) is 23.9. The number of hydrogen-bond donors (Lipinski definition) is 1. The first-order valence-electron chi connectivity index (χ1n) is 7.80. The minimum Gasteiger partial charge on any atom is -0.461 e. The van der Waals surface area contributed by atoms with Gasteiger partial charge in [0.1, 0.15) is 11.9 Å². The van der Waals surface area contributed by atoms with Gasteiger partial charge in [0.2, 0.25) is 10.0 Å². The van der Waals surface area contributed by atoms with Crippen LogP contribution in [0.15, 0.2) is 12.2 Å². The fourth-order valence-electron chi connectivity index (χ4n) is 3.90. The molecule has 0 saturated heterocycles. The highest BCUT2D eigenvalue weighted by molar-refractivity contribution is 7.91. The molecule has 130 valence electrons. The third-order valence-corrected chi connectivity index (χ3v) is 7.61. The number of nitrogens with one attached hydrogen (secondary N) is 1. The second-order valence-corrected chi connectivity index (χ2v) is 9.23. The number of ether oxygens (including phenoxy) is 1. The second kappa shape index (κ2) is 5.70. The molecule has 2 bridgehead atoms. The lowest BCUT2D eigenvalue weighted by atomic mass is 9.70. The third kappa shape index (κ3) is 2.74. The zero-order chi connectivity index (χ0) is 17.6. The van der Waals surface area contributed by atoms with Gasteiger partial charge in [0.05, 0.1) is 0 Å². The van der Waals surface area contributed by atoms with E-state index in [0.29, 0.717) is 0 Å². The average molecular weight is 343 g/mol. The molecule has 3 atom stereocenters. The number of esters is 1. The van der Waals surface area contributed by atoms with Gasteiger partial charge < -0.3 is 4.74 Å². The summed E-state index contributed by atoms with van der Waals surface area (Å²) in [5.41, 5.74) is -0.648. The highest BCUT2D eigenvalue weighted by Gasteiger charge is 2.69. The molecule has 2 fully saturated rings. The van der Waals surface area contributed by atoms with Gasteiger partial charge in [0, 0.05) is 17.5 Å². The molecule has 0 aromatic heterocycles. The molecule has 6 nitrogen and oxygen atoms in total. The molecule has 2 aliphatic carbocycles. The van der Waals surface area contributed by atoms with Crippen molar-refractivity contribution in [2.45, 2.75) is 45.8 Å². The average Bonchev–Trinajstić information content (AvgIpc) is 2.75. The summed E-state index contributed by atoms with van der Waals surface area (Å²) < 4.78 is 32.4. The predicted molar refractivity (Wildman–Crippen MR) is 86.1 cm³/mol. The van der Waals surface area contributed by atoms with E-state index < -0.39 is 26.7 Å². The van der Waals surface area contributed by atoms with Crippen molar-refractivity contribution < 1.29 is 22.7 Å². The highest BCUT2D eigenvalue weighted by Crippen LogP contribution is 2.64. The van der Waals surface area contributed by atoms with Gasteiger partial charge in [-0.1, -0.05) is 27.4 Å². The summed E-state index contributed by atoms with van der Waals surface area (Å²) in [6, 6.07) is 0. The maximum absolute atomic E-state index is 12.7. The minimum atomic E-state index is -3.78. The van der Waals surface area contributed by atoms with E-state index in [1.807, 2.05) is 20.8 Å². The lowest BCUT2D eigenvalue weighted by Gasteiger charge is -2.32. The Balaban J connectivity index is 2.03. The summed E-state index contributed by atoms with van der Waals surface area (Å²) in [5.74, 6) is -0.922. The molecule has 23 heavy (non-hydrogen) atoms. The summed E-state index contributed by atoms with van der Waals surface area (Å²) in [6.45, 7) is 10.7. The van der Waals surface area contributed by atoms with Crippen LogP contribution in [0.4, 0.5) is 0 Å². The molecule has 7 heteroatoms. The van der Waals surface area contributed by atoms with Crippen LogP contribution in [0.1, 0.15) is 40.5 Å². The zero-order valence-corrected chi connectivity index (χ0v) is 15.0. The maximum Gasteiger partial charge on any atom is 0.333 e. The normalized spacial score (nSPS) is 32.1. The number of hydrogen-bond acceptors (Lipinski definition) is 5. The molecule has 2 saturated carbocycles. The second-order valence-electron chi connectivity index (χ2n) is 7.34. The lowest BCUT2D eigenvalue weighted by Crippen LogP contribution is -2.45. The van der Waals surface area contributed by atoms with Crippen LogP contribution in [0, 0.1) is 16.7 Å².